The lowest BCUT2D eigenvalue weighted by Crippen LogP contribution is -2.44. The molecule has 1 aromatic carbocycles. The number of benzene rings is 1. The number of nitrogens with one attached hydrogen (secondary N) is 1. The zero-order valence-corrected chi connectivity index (χ0v) is 27.6. The van der Waals surface area contributed by atoms with E-state index in [0.29, 0.717) is 11.0 Å². The molecule has 2 aromatic rings. The Morgan fingerprint density at radius 1 is 0.956 bits per heavy atom. The number of amides is 2. The Kier molecular flexibility index (Phi) is 12.6. The molecule has 14 heteroatoms. The van der Waals surface area contributed by atoms with Gasteiger partial charge in [0.2, 0.25) is 0 Å². The summed E-state index contributed by atoms with van der Waals surface area (Å²) in [5.74, 6) is -3.42. The van der Waals surface area contributed by atoms with Gasteiger partial charge in [-0.1, -0.05) is 6.92 Å². The first-order chi connectivity index (χ1) is 20.8. The second kappa shape index (κ2) is 15.5. The summed E-state index contributed by atoms with van der Waals surface area (Å²) >= 11 is 0. The van der Waals surface area contributed by atoms with Gasteiger partial charge in [-0.05, 0) is 57.9 Å². The number of hydrogen-bond donors (Lipinski definition) is 1. The molecule has 1 heterocycles. The minimum Gasteiger partial charge on any atom is -0.462 e. The number of esters is 3. The molecule has 0 aliphatic carbocycles. The Bertz CT molecular complexity index is 1490. The molecule has 1 aromatic heterocycles. The van der Waals surface area contributed by atoms with Crippen molar-refractivity contribution in [2.24, 2.45) is 5.92 Å². The maximum Gasteiger partial charge on any atom is 0.410 e. The Morgan fingerprint density at radius 3 is 2.09 bits per heavy atom. The highest BCUT2D eigenvalue weighted by Crippen LogP contribution is 2.22. The van der Waals surface area contributed by atoms with Gasteiger partial charge in [-0.15, -0.1) is 0 Å². The molecular formula is C31H44N4O10. The monoisotopic (exact) mass is 632 g/mol. The predicted octanol–water partition coefficient (Wildman–Crippen LogP) is 2.67. The van der Waals surface area contributed by atoms with Gasteiger partial charge in [-0.3, -0.25) is 24.0 Å². The molecule has 0 fully saturated rings. The number of carbonyl (C=O) groups is 5. The van der Waals surface area contributed by atoms with E-state index in [1.54, 1.807) is 39.8 Å². The Morgan fingerprint density at radius 2 is 1.53 bits per heavy atom. The minimum atomic E-state index is -1.05. The summed E-state index contributed by atoms with van der Waals surface area (Å²) < 4.78 is 22.6. The minimum absolute atomic E-state index is 0.00792. The molecule has 0 saturated heterocycles. The summed E-state index contributed by atoms with van der Waals surface area (Å²) in [6, 6.07) is 3.48. The third-order valence-electron chi connectivity index (χ3n) is 6.84. The molecule has 0 aliphatic rings. The van der Waals surface area contributed by atoms with Gasteiger partial charge in [0.1, 0.15) is 24.4 Å². The summed E-state index contributed by atoms with van der Waals surface area (Å²) in [6.07, 6.45) is -2.63. The summed E-state index contributed by atoms with van der Waals surface area (Å²) in [4.78, 5) is 80.5. The first-order valence-corrected chi connectivity index (χ1v) is 14.5. The molecule has 0 saturated carbocycles. The lowest BCUT2D eigenvalue weighted by Gasteiger charge is -2.30. The lowest BCUT2D eigenvalue weighted by atomic mass is 9.97. The van der Waals surface area contributed by atoms with Crippen LogP contribution in [0.25, 0.3) is 11.0 Å². The molecule has 248 valence electrons. The molecule has 0 aliphatic heterocycles. The molecular weight excluding hydrogens is 588 g/mol. The van der Waals surface area contributed by atoms with Crippen molar-refractivity contribution in [3.8, 4) is 0 Å². The zero-order chi connectivity index (χ0) is 34.2. The summed E-state index contributed by atoms with van der Waals surface area (Å²) in [6.45, 7) is 13.7. The summed E-state index contributed by atoms with van der Waals surface area (Å²) in [5.41, 5.74) is 0.604. The zero-order valence-electron chi connectivity index (χ0n) is 27.6. The number of aryl methyl sites for hydroxylation is 2. The van der Waals surface area contributed by atoms with Crippen LogP contribution in [0.4, 0.5) is 4.79 Å². The number of likely N-dealkylation sites (N-methyl/N-ethyl adjacent to an activating group) is 1. The van der Waals surface area contributed by atoms with E-state index < -0.39 is 64.9 Å². The first kappa shape index (κ1) is 36.7. The molecule has 0 spiro atoms. The van der Waals surface area contributed by atoms with Crippen LogP contribution in [0.2, 0.25) is 0 Å². The Balaban J connectivity index is 2.50. The largest absolute Gasteiger partial charge is 0.462 e. The van der Waals surface area contributed by atoms with Crippen molar-refractivity contribution in [1.29, 1.82) is 0 Å². The highest BCUT2D eigenvalue weighted by molar-refractivity contribution is 5.94. The van der Waals surface area contributed by atoms with Crippen molar-refractivity contribution < 1.29 is 42.9 Å². The summed E-state index contributed by atoms with van der Waals surface area (Å²) in [5, 5.41) is 2.63. The van der Waals surface area contributed by atoms with Crippen LogP contribution in [-0.4, -0.2) is 88.9 Å². The molecule has 14 nitrogen and oxygen atoms in total. The number of rotatable bonds is 12. The van der Waals surface area contributed by atoms with Crippen LogP contribution in [0.15, 0.2) is 16.9 Å². The number of nitrogens with zero attached hydrogens (tertiary/aromatic N) is 3. The van der Waals surface area contributed by atoms with Crippen LogP contribution in [0, 0.1) is 19.8 Å². The average Bonchev–Trinajstić information content (AvgIpc) is 2.90. The van der Waals surface area contributed by atoms with Gasteiger partial charge in [0, 0.05) is 46.8 Å². The molecule has 3 atom stereocenters. The standard InChI is InChI=1S/C31H44N4O10/c1-17-13-23-24(14-18(17)2)35(15-25(43-21(5)37)19(3)26(44-22(6)38)16-42-20(4)36)29(40)27(33-23)28(39)32-11-12-34(10)30(41)45-31(7,8)9/h13-14,19,25-26H,11-12,15-16H2,1-10H3,(H,32,39)/t19-,25-,26+/m0/s1. The van der Waals surface area contributed by atoms with Crippen molar-refractivity contribution in [3.63, 3.8) is 0 Å². The van der Waals surface area contributed by atoms with E-state index in [1.165, 1.54) is 37.3 Å². The molecule has 0 unspecified atom stereocenters. The summed E-state index contributed by atoms with van der Waals surface area (Å²) in [7, 11) is 1.52. The van der Waals surface area contributed by atoms with Crippen molar-refractivity contribution in [1.82, 2.24) is 19.8 Å². The van der Waals surface area contributed by atoms with Gasteiger partial charge in [0.25, 0.3) is 11.5 Å². The van der Waals surface area contributed by atoms with Gasteiger partial charge in [-0.25, -0.2) is 9.78 Å². The predicted molar refractivity (Wildman–Crippen MR) is 164 cm³/mol. The van der Waals surface area contributed by atoms with E-state index in [9.17, 15) is 28.8 Å². The molecule has 2 amide bonds. The number of fused-ring (bicyclic) bond motifs is 1. The maximum atomic E-state index is 13.8. The van der Waals surface area contributed by atoms with E-state index in [4.69, 9.17) is 18.9 Å². The van der Waals surface area contributed by atoms with Gasteiger partial charge in [0.05, 0.1) is 17.6 Å². The van der Waals surface area contributed by atoms with Crippen molar-refractivity contribution in [2.45, 2.75) is 86.7 Å². The fourth-order valence-corrected chi connectivity index (χ4v) is 4.33. The van der Waals surface area contributed by atoms with Crippen LogP contribution in [0.1, 0.15) is 70.1 Å². The van der Waals surface area contributed by atoms with Crippen molar-refractivity contribution >= 4 is 40.9 Å². The van der Waals surface area contributed by atoms with E-state index in [0.717, 1.165) is 11.1 Å². The van der Waals surface area contributed by atoms with Crippen LogP contribution >= 0.6 is 0 Å². The van der Waals surface area contributed by atoms with Gasteiger partial charge in [-0.2, -0.15) is 0 Å². The normalized spacial score (nSPS) is 13.3. The van der Waals surface area contributed by atoms with E-state index >= 15 is 0 Å². The average molecular weight is 633 g/mol. The molecule has 1 N–H and O–H groups in total. The van der Waals surface area contributed by atoms with Gasteiger partial charge < -0.3 is 33.7 Å². The first-order valence-electron chi connectivity index (χ1n) is 14.5. The third kappa shape index (κ3) is 10.9. The second-order valence-electron chi connectivity index (χ2n) is 11.9. The third-order valence-corrected chi connectivity index (χ3v) is 6.84. The fourth-order valence-electron chi connectivity index (χ4n) is 4.33. The second-order valence-corrected chi connectivity index (χ2v) is 11.9. The molecule has 0 radical (unpaired) electrons. The van der Waals surface area contributed by atoms with E-state index in [-0.39, 0.29) is 26.2 Å². The smallest absolute Gasteiger partial charge is 0.410 e. The Hall–Kier alpha value is -4.49. The topological polar surface area (TPSA) is 172 Å². The van der Waals surface area contributed by atoms with Crippen molar-refractivity contribution in [2.75, 3.05) is 26.7 Å². The Labute approximate surface area is 262 Å². The van der Waals surface area contributed by atoms with Gasteiger partial charge in [0.15, 0.2) is 5.69 Å². The van der Waals surface area contributed by atoms with E-state index in [1.807, 2.05) is 13.8 Å². The number of aromatic nitrogens is 2. The maximum absolute atomic E-state index is 13.8. The van der Waals surface area contributed by atoms with Crippen LogP contribution in [0.3, 0.4) is 0 Å². The van der Waals surface area contributed by atoms with E-state index in [2.05, 4.69) is 10.3 Å². The van der Waals surface area contributed by atoms with Gasteiger partial charge >= 0.3 is 24.0 Å². The SMILES string of the molecule is CC(=O)OC[C@@H](OC(C)=O)[C@@H](C)[C@H](Cn1c(=O)c(C(=O)NCCN(C)C(=O)OC(C)(C)C)nc2cc(C)c(C)cc21)OC(C)=O. The molecule has 2 rings (SSSR count). The molecule has 0 bridgehead atoms. The number of hydrogen-bond acceptors (Lipinski definition) is 11. The number of ether oxygens (including phenoxy) is 4. The highest BCUT2D eigenvalue weighted by Gasteiger charge is 2.33. The lowest BCUT2D eigenvalue weighted by molar-refractivity contribution is -0.167. The van der Waals surface area contributed by atoms with Crippen LogP contribution < -0.4 is 10.9 Å². The molecule has 45 heavy (non-hydrogen) atoms. The van der Waals surface area contributed by atoms with Crippen LogP contribution in [0.5, 0.6) is 0 Å². The fraction of sp³-hybridized carbons (Fsp3) is 0.581. The number of carbonyl (C=O) groups excluding carboxylic acids is 5. The van der Waals surface area contributed by atoms with Crippen LogP contribution in [-0.2, 0) is 39.9 Å². The highest BCUT2D eigenvalue weighted by atomic mass is 16.6. The quantitative estimate of drug-likeness (QED) is 0.269. The van der Waals surface area contributed by atoms with Crippen molar-refractivity contribution in [3.05, 3.63) is 39.3 Å².